The van der Waals surface area contributed by atoms with E-state index in [1.54, 1.807) is 11.0 Å². The van der Waals surface area contributed by atoms with Crippen LogP contribution in [0.4, 0.5) is 0 Å². The fourth-order valence-electron chi connectivity index (χ4n) is 0.161. The lowest BCUT2D eigenvalue weighted by molar-refractivity contribution is 1.15. The third-order valence-electron chi connectivity index (χ3n) is 0.414. The second-order valence-corrected chi connectivity index (χ2v) is 1.72. The Morgan fingerprint density at radius 3 is 3.00 bits per heavy atom. The van der Waals surface area contributed by atoms with Gasteiger partial charge in [0.15, 0.2) is 0 Å². The van der Waals surface area contributed by atoms with E-state index in [-0.39, 0.29) is 0 Å². The molecule has 0 amide bonds. The molecule has 0 rings (SSSR count). The van der Waals surface area contributed by atoms with Gasteiger partial charge in [-0.15, -0.1) is 0 Å². The minimum absolute atomic E-state index is 0.862. The molecule has 0 saturated heterocycles. The number of hydrogen-bond acceptors (Lipinski definition) is 2. The SMILES string of the molecule is C=CSC=NCC. The average Bonchev–Trinajstić information content (AvgIpc) is 1.69. The van der Waals surface area contributed by atoms with Crippen LogP contribution in [0.5, 0.6) is 0 Å². The van der Waals surface area contributed by atoms with Crippen molar-refractivity contribution in [2.75, 3.05) is 6.54 Å². The zero-order valence-electron chi connectivity index (χ0n) is 4.42. The predicted molar refractivity (Wildman–Crippen MR) is 36.8 cm³/mol. The lowest BCUT2D eigenvalue weighted by Gasteiger charge is -1.75. The van der Waals surface area contributed by atoms with E-state index in [1.165, 1.54) is 11.8 Å². The van der Waals surface area contributed by atoms with Crippen molar-refractivity contribution in [3.8, 4) is 0 Å². The van der Waals surface area contributed by atoms with Crippen molar-refractivity contribution in [3.05, 3.63) is 12.0 Å². The van der Waals surface area contributed by atoms with E-state index >= 15 is 0 Å². The number of nitrogens with zero attached hydrogens (tertiary/aromatic N) is 1. The van der Waals surface area contributed by atoms with Gasteiger partial charge in [0.1, 0.15) is 0 Å². The molecule has 0 aromatic rings. The summed E-state index contributed by atoms with van der Waals surface area (Å²) in [6.45, 7) is 6.37. The molecule has 0 aliphatic rings. The summed E-state index contributed by atoms with van der Waals surface area (Å²) in [7, 11) is 0. The summed E-state index contributed by atoms with van der Waals surface area (Å²) in [6, 6.07) is 0. The molecule has 0 aliphatic carbocycles. The first-order chi connectivity index (χ1) is 3.41. The number of rotatable bonds is 3. The smallest absolute Gasteiger partial charge is 0.0582 e. The Hall–Kier alpha value is -0.240. The van der Waals surface area contributed by atoms with Gasteiger partial charge in [0, 0.05) is 6.54 Å². The Labute approximate surface area is 48.5 Å². The quantitative estimate of drug-likeness (QED) is 0.404. The van der Waals surface area contributed by atoms with E-state index in [4.69, 9.17) is 0 Å². The van der Waals surface area contributed by atoms with Crippen molar-refractivity contribution in [2.45, 2.75) is 6.92 Å². The molecule has 0 heterocycles. The van der Waals surface area contributed by atoms with E-state index < -0.39 is 0 Å². The number of hydrogen-bond donors (Lipinski definition) is 0. The molecule has 40 valence electrons. The van der Waals surface area contributed by atoms with Crippen molar-refractivity contribution in [2.24, 2.45) is 4.99 Å². The summed E-state index contributed by atoms with van der Waals surface area (Å²) in [6.07, 6.45) is 0. The van der Waals surface area contributed by atoms with Crippen LogP contribution in [-0.4, -0.2) is 12.1 Å². The van der Waals surface area contributed by atoms with Crippen LogP contribution in [0.3, 0.4) is 0 Å². The molecule has 0 spiro atoms. The molecule has 0 atom stereocenters. The molecule has 0 saturated carbocycles. The Morgan fingerprint density at radius 2 is 2.57 bits per heavy atom. The van der Waals surface area contributed by atoms with Gasteiger partial charge < -0.3 is 0 Å². The normalized spacial score (nSPS) is 9.86. The lowest BCUT2D eigenvalue weighted by atomic mass is 10.8. The Bertz CT molecular complexity index is 68.5. The molecule has 1 nitrogen and oxygen atoms in total. The Balaban J connectivity index is 2.92. The summed E-state index contributed by atoms with van der Waals surface area (Å²) >= 11 is 1.50. The van der Waals surface area contributed by atoms with Gasteiger partial charge in [-0.2, -0.15) is 0 Å². The fraction of sp³-hybridized carbons (Fsp3) is 0.400. The van der Waals surface area contributed by atoms with Crippen LogP contribution in [0, 0.1) is 0 Å². The maximum Gasteiger partial charge on any atom is 0.0582 e. The van der Waals surface area contributed by atoms with Gasteiger partial charge in [-0.1, -0.05) is 18.3 Å². The molecular formula is C5H9NS. The summed E-state index contributed by atoms with van der Waals surface area (Å²) in [5, 5.41) is 1.75. The maximum absolute atomic E-state index is 3.93. The predicted octanol–water partition coefficient (Wildman–Crippen LogP) is 1.91. The van der Waals surface area contributed by atoms with Crippen molar-refractivity contribution >= 4 is 17.3 Å². The highest BCUT2D eigenvalue weighted by Gasteiger charge is 1.63. The molecule has 7 heavy (non-hydrogen) atoms. The molecule has 0 aliphatic heterocycles. The van der Waals surface area contributed by atoms with E-state index in [0.29, 0.717) is 0 Å². The van der Waals surface area contributed by atoms with Crippen molar-refractivity contribution in [3.63, 3.8) is 0 Å². The minimum atomic E-state index is 0.862. The molecule has 0 unspecified atom stereocenters. The zero-order valence-corrected chi connectivity index (χ0v) is 5.24. The van der Waals surface area contributed by atoms with Crippen molar-refractivity contribution in [1.29, 1.82) is 0 Å². The first-order valence-corrected chi connectivity index (χ1v) is 3.10. The highest BCUT2D eigenvalue weighted by atomic mass is 32.2. The summed E-state index contributed by atoms with van der Waals surface area (Å²) < 4.78 is 0. The zero-order chi connectivity index (χ0) is 5.54. The molecule has 2 heteroatoms. The standard InChI is InChI=1S/C5H9NS/c1-3-6-5-7-4-2/h4-5H,2-3H2,1H3. The highest BCUT2D eigenvalue weighted by molar-refractivity contribution is 8.14. The minimum Gasteiger partial charge on any atom is -0.286 e. The fourth-order valence-corrected chi connectivity index (χ4v) is 0.482. The van der Waals surface area contributed by atoms with E-state index in [2.05, 4.69) is 11.6 Å². The third-order valence-corrected chi connectivity index (χ3v) is 0.877. The first kappa shape index (κ1) is 6.76. The van der Waals surface area contributed by atoms with Gasteiger partial charge in [-0.05, 0) is 12.3 Å². The van der Waals surface area contributed by atoms with Gasteiger partial charge in [0.05, 0.1) is 5.55 Å². The number of thioether (sulfide) groups is 1. The summed E-state index contributed by atoms with van der Waals surface area (Å²) in [5.41, 5.74) is 1.78. The van der Waals surface area contributed by atoms with Gasteiger partial charge >= 0.3 is 0 Å². The second kappa shape index (κ2) is 5.76. The summed E-state index contributed by atoms with van der Waals surface area (Å²) in [5.74, 6) is 0. The average molecular weight is 115 g/mol. The highest BCUT2D eigenvalue weighted by Crippen LogP contribution is 1.91. The van der Waals surface area contributed by atoms with Crippen LogP contribution in [0.15, 0.2) is 17.0 Å². The topological polar surface area (TPSA) is 12.4 Å². The van der Waals surface area contributed by atoms with E-state index in [1.807, 2.05) is 6.92 Å². The van der Waals surface area contributed by atoms with Crippen molar-refractivity contribution < 1.29 is 0 Å². The number of aliphatic imine (C=N–C) groups is 1. The van der Waals surface area contributed by atoms with E-state index in [9.17, 15) is 0 Å². The monoisotopic (exact) mass is 115 g/mol. The van der Waals surface area contributed by atoms with Crippen LogP contribution < -0.4 is 0 Å². The maximum atomic E-state index is 3.93. The van der Waals surface area contributed by atoms with Gasteiger partial charge in [-0.3, -0.25) is 4.99 Å². The molecular weight excluding hydrogens is 106 g/mol. The molecule has 0 radical (unpaired) electrons. The van der Waals surface area contributed by atoms with Crippen LogP contribution >= 0.6 is 11.8 Å². The van der Waals surface area contributed by atoms with Gasteiger partial charge in [0.2, 0.25) is 0 Å². The van der Waals surface area contributed by atoms with E-state index in [0.717, 1.165) is 6.54 Å². The van der Waals surface area contributed by atoms with Gasteiger partial charge in [0.25, 0.3) is 0 Å². The Morgan fingerprint density at radius 1 is 1.86 bits per heavy atom. The second-order valence-electron chi connectivity index (χ2n) is 0.907. The van der Waals surface area contributed by atoms with Gasteiger partial charge in [-0.25, -0.2) is 0 Å². The van der Waals surface area contributed by atoms with Crippen LogP contribution in [-0.2, 0) is 0 Å². The van der Waals surface area contributed by atoms with Crippen LogP contribution in [0.2, 0.25) is 0 Å². The molecule has 0 bridgehead atoms. The Kier molecular flexibility index (Phi) is 5.56. The van der Waals surface area contributed by atoms with Crippen molar-refractivity contribution in [1.82, 2.24) is 0 Å². The molecule has 0 aromatic heterocycles. The molecule has 0 fully saturated rings. The van der Waals surface area contributed by atoms with Crippen LogP contribution in [0.25, 0.3) is 0 Å². The van der Waals surface area contributed by atoms with Crippen LogP contribution in [0.1, 0.15) is 6.92 Å². The lowest BCUT2D eigenvalue weighted by Crippen LogP contribution is -1.64. The first-order valence-electron chi connectivity index (χ1n) is 2.16. The molecule has 0 aromatic carbocycles. The third kappa shape index (κ3) is 5.76. The largest absolute Gasteiger partial charge is 0.286 e. The molecule has 0 N–H and O–H groups in total. The summed E-state index contributed by atoms with van der Waals surface area (Å²) in [4.78, 5) is 3.93.